The number of halogens is 1. The first-order valence-corrected chi connectivity index (χ1v) is 8.29. The van der Waals surface area contributed by atoms with Gasteiger partial charge < -0.3 is 5.32 Å². The molecule has 1 fully saturated rings. The Balaban J connectivity index is 1.68. The molecule has 1 aliphatic rings. The lowest BCUT2D eigenvalue weighted by molar-refractivity contribution is -0.121. The molecule has 1 heterocycles. The third-order valence-corrected chi connectivity index (χ3v) is 4.56. The van der Waals surface area contributed by atoms with Crippen LogP contribution in [0.2, 0.25) is 5.02 Å². The summed E-state index contributed by atoms with van der Waals surface area (Å²) in [5.41, 5.74) is 1.04. The smallest absolute Gasteiger partial charge is 0.220 e. The summed E-state index contributed by atoms with van der Waals surface area (Å²) in [6.07, 6.45) is 5.10. The Morgan fingerprint density at radius 1 is 1.29 bits per heavy atom. The van der Waals surface area contributed by atoms with E-state index in [1.807, 2.05) is 24.3 Å². The molecule has 0 bridgehead atoms. The van der Waals surface area contributed by atoms with Crippen LogP contribution < -0.4 is 5.32 Å². The highest BCUT2D eigenvalue weighted by Crippen LogP contribution is 2.16. The number of amides is 1. The number of nitrogens with zero attached hydrogens (tertiary/aromatic N) is 1. The van der Waals surface area contributed by atoms with Crippen LogP contribution in [-0.4, -0.2) is 36.5 Å². The number of rotatable bonds is 6. The molecule has 1 N–H and O–H groups in total. The van der Waals surface area contributed by atoms with Crippen molar-refractivity contribution in [3.63, 3.8) is 0 Å². The van der Waals surface area contributed by atoms with E-state index in [0.29, 0.717) is 18.9 Å². The highest BCUT2D eigenvalue weighted by Gasteiger charge is 2.17. The van der Waals surface area contributed by atoms with E-state index >= 15 is 0 Å². The predicted octanol–water partition coefficient (Wildman–Crippen LogP) is 3.26. The van der Waals surface area contributed by atoms with Gasteiger partial charge in [-0.1, -0.05) is 36.2 Å². The standard InChI is InChI=1S/C17H25ClN2O/c1-14(20-11-5-2-6-12-20)13-19-17(21)10-9-15-7-3-4-8-16(15)18/h3-4,7-8,14H,2,5-6,9-13H2,1H3,(H,19,21). The number of carbonyl (C=O) groups excluding carboxylic acids is 1. The van der Waals surface area contributed by atoms with Gasteiger partial charge in [0.05, 0.1) is 0 Å². The van der Waals surface area contributed by atoms with E-state index in [-0.39, 0.29) is 5.91 Å². The summed E-state index contributed by atoms with van der Waals surface area (Å²) in [6, 6.07) is 8.14. The van der Waals surface area contributed by atoms with Crippen molar-refractivity contribution in [2.45, 2.75) is 45.1 Å². The van der Waals surface area contributed by atoms with E-state index in [4.69, 9.17) is 11.6 Å². The van der Waals surface area contributed by atoms with Gasteiger partial charge in [0.2, 0.25) is 5.91 Å². The zero-order valence-corrected chi connectivity index (χ0v) is 13.5. The summed E-state index contributed by atoms with van der Waals surface area (Å²) in [7, 11) is 0. The SMILES string of the molecule is CC(CNC(=O)CCc1ccccc1Cl)N1CCCCC1. The molecule has 1 amide bonds. The van der Waals surface area contributed by atoms with Gasteiger partial charge in [0.25, 0.3) is 0 Å². The highest BCUT2D eigenvalue weighted by molar-refractivity contribution is 6.31. The van der Waals surface area contributed by atoms with Crippen LogP contribution in [0, 0.1) is 0 Å². The second-order valence-electron chi connectivity index (χ2n) is 5.84. The molecule has 0 spiro atoms. The predicted molar refractivity (Wildman–Crippen MR) is 87.7 cm³/mol. The maximum absolute atomic E-state index is 11.9. The number of piperidine rings is 1. The Morgan fingerprint density at radius 3 is 2.71 bits per heavy atom. The van der Waals surface area contributed by atoms with Crippen LogP contribution in [0.15, 0.2) is 24.3 Å². The van der Waals surface area contributed by atoms with Gasteiger partial charge >= 0.3 is 0 Å². The van der Waals surface area contributed by atoms with E-state index in [2.05, 4.69) is 17.1 Å². The molecule has 3 nitrogen and oxygen atoms in total. The molecule has 1 unspecified atom stereocenters. The molecule has 21 heavy (non-hydrogen) atoms. The topological polar surface area (TPSA) is 32.3 Å². The minimum Gasteiger partial charge on any atom is -0.355 e. The molecular formula is C17H25ClN2O. The quantitative estimate of drug-likeness (QED) is 0.875. The normalized spacial score (nSPS) is 17.4. The molecule has 0 saturated carbocycles. The van der Waals surface area contributed by atoms with Gasteiger partial charge in [-0.3, -0.25) is 9.69 Å². The van der Waals surface area contributed by atoms with Gasteiger partial charge in [-0.05, 0) is 50.9 Å². The summed E-state index contributed by atoms with van der Waals surface area (Å²) in [5, 5.41) is 3.79. The molecule has 1 aliphatic heterocycles. The van der Waals surface area contributed by atoms with Crippen LogP contribution in [0.25, 0.3) is 0 Å². The van der Waals surface area contributed by atoms with Crippen molar-refractivity contribution in [2.75, 3.05) is 19.6 Å². The number of likely N-dealkylation sites (tertiary alicyclic amines) is 1. The fraction of sp³-hybridized carbons (Fsp3) is 0.588. The first-order valence-electron chi connectivity index (χ1n) is 7.91. The third kappa shape index (κ3) is 5.33. The second-order valence-corrected chi connectivity index (χ2v) is 6.25. The Bertz CT molecular complexity index is 458. The van der Waals surface area contributed by atoms with Crippen LogP contribution in [0.4, 0.5) is 0 Å². The molecular weight excluding hydrogens is 284 g/mol. The van der Waals surface area contributed by atoms with E-state index in [1.54, 1.807) is 0 Å². The molecule has 1 aromatic carbocycles. The largest absolute Gasteiger partial charge is 0.355 e. The maximum atomic E-state index is 11.9. The van der Waals surface area contributed by atoms with Crippen molar-refractivity contribution in [1.29, 1.82) is 0 Å². The van der Waals surface area contributed by atoms with Crippen molar-refractivity contribution >= 4 is 17.5 Å². The summed E-state index contributed by atoms with van der Waals surface area (Å²) < 4.78 is 0. The molecule has 1 aromatic rings. The molecule has 116 valence electrons. The number of hydrogen-bond donors (Lipinski definition) is 1. The van der Waals surface area contributed by atoms with Gasteiger partial charge in [0.1, 0.15) is 0 Å². The van der Waals surface area contributed by atoms with Gasteiger partial charge in [0, 0.05) is 24.0 Å². The molecule has 2 rings (SSSR count). The van der Waals surface area contributed by atoms with Crippen LogP contribution in [-0.2, 0) is 11.2 Å². The monoisotopic (exact) mass is 308 g/mol. The number of aryl methyl sites for hydroxylation is 1. The lowest BCUT2D eigenvalue weighted by Gasteiger charge is -2.32. The Hall–Kier alpha value is -1.06. The zero-order chi connectivity index (χ0) is 15.1. The fourth-order valence-corrected chi connectivity index (χ4v) is 3.02. The first-order chi connectivity index (χ1) is 10.2. The average molecular weight is 309 g/mol. The number of nitrogens with one attached hydrogen (secondary N) is 1. The lowest BCUT2D eigenvalue weighted by atomic mass is 10.1. The summed E-state index contributed by atoms with van der Waals surface area (Å²) in [6.45, 7) is 5.26. The van der Waals surface area contributed by atoms with E-state index in [0.717, 1.165) is 30.2 Å². The van der Waals surface area contributed by atoms with Crippen molar-refractivity contribution in [2.24, 2.45) is 0 Å². The van der Waals surface area contributed by atoms with Crippen molar-refractivity contribution in [1.82, 2.24) is 10.2 Å². The number of hydrogen-bond acceptors (Lipinski definition) is 2. The fourth-order valence-electron chi connectivity index (χ4n) is 2.79. The van der Waals surface area contributed by atoms with E-state index in [1.165, 1.54) is 19.3 Å². The van der Waals surface area contributed by atoms with Crippen molar-refractivity contribution < 1.29 is 4.79 Å². The molecule has 4 heteroatoms. The Morgan fingerprint density at radius 2 is 2.00 bits per heavy atom. The minimum absolute atomic E-state index is 0.110. The van der Waals surface area contributed by atoms with Crippen LogP contribution >= 0.6 is 11.6 Å². The molecule has 1 saturated heterocycles. The zero-order valence-electron chi connectivity index (χ0n) is 12.8. The van der Waals surface area contributed by atoms with E-state index in [9.17, 15) is 4.79 Å². The molecule has 1 atom stereocenters. The van der Waals surface area contributed by atoms with Gasteiger partial charge in [-0.15, -0.1) is 0 Å². The number of benzene rings is 1. The van der Waals surface area contributed by atoms with Gasteiger partial charge in [-0.25, -0.2) is 0 Å². The highest BCUT2D eigenvalue weighted by atomic mass is 35.5. The van der Waals surface area contributed by atoms with Crippen LogP contribution in [0.1, 0.15) is 38.2 Å². The van der Waals surface area contributed by atoms with E-state index < -0.39 is 0 Å². The Labute approximate surface area is 132 Å². The van der Waals surface area contributed by atoms with Gasteiger partial charge in [0.15, 0.2) is 0 Å². The van der Waals surface area contributed by atoms with Crippen molar-refractivity contribution in [3.05, 3.63) is 34.9 Å². The summed E-state index contributed by atoms with van der Waals surface area (Å²) in [5.74, 6) is 0.110. The van der Waals surface area contributed by atoms with Crippen LogP contribution in [0.5, 0.6) is 0 Å². The first kappa shape index (κ1) is 16.3. The maximum Gasteiger partial charge on any atom is 0.220 e. The summed E-state index contributed by atoms with van der Waals surface area (Å²) in [4.78, 5) is 14.4. The third-order valence-electron chi connectivity index (χ3n) is 4.19. The summed E-state index contributed by atoms with van der Waals surface area (Å²) >= 11 is 6.10. The second kappa shape index (κ2) is 8.40. The molecule has 0 radical (unpaired) electrons. The average Bonchev–Trinajstić information content (AvgIpc) is 2.52. The minimum atomic E-state index is 0.110. The lowest BCUT2D eigenvalue weighted by Crippen LogP contribution is -2.44. The van der Waals surface area contributed by atoms with Gasteiger partial charge in [-0.2, -0.15) is 0 Å². The molecule has 0 aromatic heterocycles. The molecule has 0 aliphatic carbocycles. The Kier molecular flexibility index (Phi) is 6.52. The van der Waals surface area contributed by atoms with Crippen LogP contribution in [0.3, 0.4) is 0 Å². The van der Waals surface area contributed by atoms with Crippen molar-refractivity contribution in [3.8, 4) is 0 Å². The number of carbonyl (C=O) groups is 1.